The number of pyridine rings is 1. The highest BCUT2D eigenvalue weighted by Gasteiger charge is 2.51. The molecule has 2 aliphatic rings. The summed E-state index contributed by atoms with van der Waals surface area (Å²) in [6.45, 7) is 8.22. The topological polar surface area (TPSA) is 73.0 Å². The average molecular weight is 725 g/mol. The number of benzene rings is 7. The number of nitrogens with zero attached hydrogens (tertiary/aromatic N) is 6. The Bertz CT molecular complexity index is 3130. The lowest BCUT2D eigenvalue weighted by Crippen LogP contribution is -2.36. The summed E-state index contributed by atoms with van der Waals surface area (Å²) in [6.07, 6.45) is 3.71. The number of hydrogen-bond acceptors (Lipinski definition) is 4. The summed E-state index contributed by atoms with van der Waals surface area (Å²) in [5.74, 6) is 0. The molecule has 3 heterocycles. The van der Waals surface area contributed by atoms with E-state index >= 15 is 0 Å². The predicted octanol–water partition coefficient (Wildman–Crippen LogP) is 12.3. The number of para-hydroxylation sites is 3. The van der Waals surface area contributed by atoms with Gasteiger partial charge in [0.25, 0.3) is 0 Å². The van der Waals surface area contributed by atoms with Gasteiger partial charge >= 0.3 is 0 Å². The van der Waals surface area contributed by atoms with Gasteiger partial charge in [-0.3, -0.25) is 4.98 Å². The Balaban J connectivity index is 1.26. The molecule has 1 aliphatic heterocycles. The molecule has 1 aliphatic carbocycles. The van der Waals surface area contributed by atoms with Gasteiger partial charge in [-0.1, -0.05) is 103 Å². The molecule has 0 amide bonds. The van der Waals surface area contributed by atoms with Gasteiger partial charge < -0.3 is 9.47 Å². The molecule has 0 saturated heterocycles. The standard InChI is InChI=1S/C51H28N6/c1-54-45-25-32(29-52)24-34(30-53)50(45)33-26-35(56-46-19-9-4-14-39(46)40-31-55-23-22-47(40)56)28-36(27-33)57-48-20-10-7-17-43(48)51(44-18-8-11-21-49(44)57)41-15-5-2-12-37(41)38-13-3-6-16-42(38)51/h2-28,31H. The van der Waals surface area contributed by atoms with Crippen molar-refractivity contribution in [2.75, 3.05) is 4.90 Å². The maximum absolute atomic E-state index is 10.5. The molecule has 7 aromatic carbocycles. The zero-order chi connectivity index (χ0) is 38.3. The van der Waals surface area contributed by atoms with E-state index < -0.39 is 5.41 Å². The molecule has 0 radical (unpaired) electrons. The van der Waals surface area contributed by atoms with E-state index in [1.165, 1.54) is 22.3 Å². The smallest absolute Gasteiger partial charge is 0.197 e. The number of hydrogen-bond donors (Lipinski definition) is 0. The van der Waals surface area contributed by atoms with E-state index in [1.54, 1.807) is 12.1 Å². The number of anilines is 3. The molecular formula is C51H28N6. The Labute approximate surface area is 328 Å². The van der Waals surface area contributed by atoms with E-state index in [0.29, 0.717) is 11.1 Å². The van der Waals surface area contributed by atoms with Gasteiger partial charge in [-0.2, -0.15) is 10.5 Å². The van der Waals surface area contributed by atoms with Gasteiger partial charge in [-0.15, -0.1) is 0 Å². The van der Waals surface area contributed by atoms with Gasteiger partial charge in [-0.25, -0.2) is 4.85 Å². The third-order valence-corrected chi connectivity index (χ3v) is 11.7. The van der Waals surface area contributed by atoms with Crippen molar-refractivity contribution in [2.24, 2.45) is 0 Å². The molecule has 262 valence electrons. The lowest BCUT2D eigenvalue weighted by molar-refractivity contribution is 0.752. The zero-order valence-corrected chi connectivity index (χ0v) is 30.3. The van der Waals surface area contributed by atoms with Crippen LogP contribution >= 0.6 is 0 Å². The molecule has 6 heteroatoms. The third-order valence-electron chi connectivity index (χ3n) is 11.7. The summed E-state index contributed by atoms with van der Waals surface area (Å²) < 4.78 is 2.24. The molecule has 0 unspecified atom stereocenters. The van der Waals surface area contributed by atoms with E-state index in [9.17, 15) is 10.5 Å². The monoisotopic (exact) mass is 724 g/mol. The molecule has 0 N–H and O–H groups in total. The molecule has 57 heavy (non-hydrogen) atoms. The molecule has 0 saturated carbocycles. The molecule has 0 atom stereocenters. The Morgan fingerprint density at radius 3 is 1.84 bits per heavy atom. The molecule has 6 nitrogen and oxygen atoms in total. The minimum atomic E-state index is -0.574. The second-order valence-electron chi connectivity index (χ2n) is 14.4. The highest BCUT2D eigenvalue weighted by molar-refractivity contribution is 6.09. The van der Waals surface area contributed by atoms with Crippen LogP contribution in [0.4, 0.5) is 22.7 Å². The van der Waals surface area contributed by atoms with Crippen LogP contribution in [0, 0.1) is 29.2 Å². The van der Waals surface area contributed by atoms with Crippen molar-refractivity contribution in [1.29, 1.82) is 10.5 Å². The van der Waals surface area contributed by atoms with Gasteiger partial charge in [-0.05, 0) is 93.5 Å². The molecule has 1 spiro atoms. The maximum Gasteiger partial charge on any atom is 0.197 e. The van der Waals surface area contributed by atoms with E-state index in [2.05, 4.69) is 159 Å². The van der Waals surface area contributed by atoms with Crippen molar-refractivity contribution in [1.82, 2.24) is 9.55 Å². The SMILES string of the molecule is [C-]#[N+]c1cc(C#N)cc(C#N)c1-c1cc(N2c3ccccc3C3(c4ccccc4-c4ccccc43)c3ccccc32)cc(-n2c3ccccc3c3cnccc32)c1. The fourth-order valence-electron chi connectivity index (χ4n) is 9.60. The minimum absolute atomic E-state index is 0.248. The number of nitriles is 2. The van der Waals surface area contributed by atoms with Crippen molar-refractivity contribution >= 4 is 44.6 Å². The third kappa shape index (κ3) is 4.34. The predicted molar refractivity (Wildman–Crippen MR) is 225 cm³/mol. The number of aromatic nitrogens is 2. The van der Waals surface area contributed by atoms with E-state index in [1.807, 2.05) is 30.6 Å². The molecule has 2 aromatic heterocycles. The first-order valence-corrected chi connectivity index (χ1v) is 18.7. The molecule has 11 rings (SSSR count). The fraction of sp³-hybridized carbons (Fsp3) is 0.0196. The van der Waals surface area contributed by atoms with E-state index in [0.717, 1.165) is 55.7 Å². The van der Waals surface area contributed by atoms with Crippen LogP contribution in [-0.2, 0) is 5.41 Å². The zero-order valence-electron chi connectivity index (χ0n) is 30.3. The molecule has 9 aromatic rings. The normalized spacial score (nSPS) is 13.0. The Kier molecular flexibility index (Phi) is 6.86. The first kappa shape index (κ1) is 32.2. The van der Waals surface area contributed by atoms with Crippen molar-refractivity contribution in [3.63, 3.8) is 0 Å². The summed E-state index contributed by atoms with van der Waals surface area (Å²) in [5, 5.41) is 22.5. The van der Waals surface area contributed by atoms with Crippen LogP contribution in [0.5, 0.6) is 0 Å². The minimum Gasteiger partial charge on any atom is -0.310 e. The van der Waals surface area contributed by atoms with Gasteiger partial charge in [0, 0.05) is 45.7 Å². The van der Waals surface area contributed by atoms with Crippen molar-refractivity contribution in [3.8, 4) is 40.1 Å². The maximum atomic E-state index is 10.5. The summed E-state index contributed by atoms with van der Waals surface area (Å²) in [4.78, 5) is 10.7. The number of rotatable bonds is 3. The van der Waals surface area contributed by atoms with Crippen LogP contribution in [0.3, 0.4) is 0 Å². The lowest BCUT2D eigenvalue weighted by atomic mass is 9.64. The highest BCUT2D eigenvalue weighted by atomic mass is 15.2. The summed E-state index contributed by atoms with van der Waals surface area (Å²) in [5.41, 5.74) is 14.4. The molecule has 0 bridgehead atoms. The summed E-state index contributed by atoms with van der Waals surface area (Å²) in [6, 6.07) is 59.1. The van der Waals surface area contributed by atoms with Crippen LogP contribution in [0.2, 0.25) is 0 Å². The summed E-state index contributed by atoms with van der Waals surface area (Å²) >= 11 is 0. The van der Waals surface area contributed by atoms with Crippen LogP contribution in [0.15, 0.2) is 170 Å². The Morgan fingerprint density at radius 1 is 0.579 bits per heavy atom. The van der Waals surface area contributed by atoms with Crippen LogP contribution in [0.25, 0.3) is 54.6 Å². The lowest BCUT2D eigenvalue weighted by Gasteiger charge is -2.45. The van der Waals surface area contributed by atoms with Crippen molar-refractivity contribution in [2.45, 2.75) is 5.41 Å². The largest absolute Gasteiger partial charge is 0.310 e. The first-order chi connectivity index (χ1) is 28.1. The quantitative estimate of drug-likeness (QED) is 0.170. The second kappa shape index (κ2) is 12.1. The average Bonchev–Trinajstić information content (AvgIpc) is 3.77. The van der Waals surface area contributed by atoms with E-state index in [4.69, 9.17) is 6.57 Å². The fourth-order valence-corrected chi connectivity index (χ4v) is 9.60. The first-order valence-electron chi connectivity index (χ1n) is 18.7. The van der Waals surface area contributed by atoms with Crippen LogP contribution in [0.1, 0.15) is 33.4 Å². The van der Waals surface area contributed by atoms with E-state index in [-0.39, 0.29) is 16.8 Å². The summed E-state index contributed by atoms with van der Waals surface area (Å²) in [7, 11) is 0. The molecule has 0 fully saturated rings. The number of fused-ring (bicyclic) bond motifs is 12. The van der Waals surface area contributed by atoms with Gasteiger partial charge in [0.2, 0.25) is 0 Å². The van der Waals surface area contributed by atoms with Crippen molar-refractivity contribution in [3.05, 3.63) is 215 Å². The van der Waals surface area contributed by atoms with Gasteiger partial charge in [0.1, 0.15) is 0 Å². The Hall–Kier alpha value is -8.24. The van der Waals surface area contributed by atoms with Gasteiger partial charge in [0.05, 0.1) is 52.1 Å². The van der Waals surface area contributed by atoms with Gasteiger partial charge in [0.15, 0.2) is 5.69 Å². The second-order valence-corrected chi connectivity index (χ2v) is 14.4. The van der Waals surface area contributed by atoms with Crippen LogP contribution < -0.4 is 4.90 Å². The molecular weight excluding hydrogens is 697 g/mol. The van der Waals surface area contributed by atoms with Crippen molar-refractivity contribution < 1.29 is 0 Å². The highest BCUT2D eigenvalue weighted by Crippen LogP contribution is 2.63. The van der Waals surface area contributed by atoms with Crippen LogP contribution in [-0.4, -0.2) is 9.55 Å². The Morgan fingerprint density at radius 2 is 1.18 bits per heavy atom.